The van der Waals surface area contributed by atoms with Gasteiger partial charge >= 0.3 is 0 Å². The number of sulfone groups is 1. The molecule has 0 spiro atoms. The Morgan fingerprint density at radius 3 is 2.35 bits per heavy atom. The van der Waals surface area contributed by atoms with Gasteiger partial charge in [-0.05, 0) is 24.3 Å². The molecule has 0 saturated carbocycles. The number of nitrogen functional groups attached to an aromatic ring is 1. The minimum atomic E-state index is -3.25. The fraction of sp³-hybridized carbons (Fsp3) is 0.167. The summed E-state index contributed by atoms with van der Waals surface area (Å²) in [6.07, 6.45) is 2.65. The highest BCUT2D eigenvalue weighted by atomic mass is 32.2. The van der Waals surface area contributed by atoms with E-state index in [-0.39, 0.29) is 16.3 Å². The Labute approximate surface area is 116 Å². The number of nitrogens with two attached hydrogens (primary N) is 1. The third-order valence-electron chi connectivity index (χ3n) is 2.61. The Bertz CT molecular complexity index is 748. The molecule has 7 nitrogen and oxygen atoms in total. The van der Waals surface area contributed by atoms with Gasteiger partial charge in [0.25, 0.3) is 5.91 Å². The lowest BCUT2D eigenvalue weighted by molar-refractivity contribution is 0.102. The van der Waals surface area contributed by atoms with Crippen LogP contribution in [0.15, 0.2) is 35.4 Å². The van der Waals surface area contributed by atoms with Crippen molar-refractivity contribution in [3.8, 4) is 0 Å². The molecule has 1 amide bonds. The van der Waals surface area contributed by atoms with Crippen LogP contribution < -0.4 is 11.1 Å². The van der Waals surface area contributed by atoms with Crippen LogP contribution in [0, 0.1) is 0 Å². The monoisotopic (exact) mass is 294 g/mol. The van der Waals surface area contributed by atoms with Crippen molar-refractivity contribution in [1.29, 1.82) is 0 Å². The van der Waals surface area contributed by atoms with Gasteiger partial charge in [-0.25, -0.2) is 8.42 Å². The fourth-order valence-corrected chi connectivity index (χ4v) is 2.29. The predicted octanol–water partition coefficient (Wildman–Crippen LogP) is 0.658. The zero-order chi connectivity index (χ0) is 14.9. The van der Waals surface area contributed by atoms with Gasteiger partial charge in [-0.3, -0.25) is 9.48 Å². The van der Waals surface area contributed by atoms with E-state index in [1.54, 1.807) is 7.05 Å². The normalized spacial score (nSPS) is 11.3. The van der Waals surface area contributed by atoms with Crippen molar-refractivity contribution in [1.82, 2.24) is 9.78 Å². The molecular weight excluding hydrogens is 280 g/mol. The van der Waals surface area contributed by atoms with Gasteiger partial charge in [0, 0.05) is 25.2 Å². The largest absolute Gasteiger partial charge is 0.396 e. The second kappa shape index (κ2) is 4.97. The molecule has 0 bridgehead atoms. The van der Waals surface area contributed by atoms with Gasteiger partial charge in [0.2, 0.25) is 0 Å². The summed E-state index contributed by atoms with van der Waals surface area (Å²) in [6.45, 7) is 0. The molecule has 0 atom stereocenters. The Morgan fingerprint density at radius 2 is 1.90 bits per heavy atom. The van der Waals surface area contributed by atoms with E-state index in [1.165, 1.54) is 35.1 Å². The zero-order valence-corrected chi connectivity index (χ0v) is 11.8. The number of aromatic nitrogens is 2. The average molecular weight is 294 g/mol. The number of hydrogen-bond donors (Lipinski definition) is 2. The van der Waals surface area contributed by atoms with Crippen molar-refractivity contribution >= 4 is 27.1 Å². The Balaban J connectivity index is 2.18. The molecule has 0 fully saturated rings. The molecule has 20 heavy (non-hydrogen) atoms. The Morgan fingerprint density at radius 1 is 1.30 bits per heavy atom. The number of nitrogens with one attached hydrogen (secondary N) is 1. The first kappa shape index (κ1) is 14.1. The van der Waals surface area contributed by atoms with Crippen LogP contribution in [0.5, 0.6) is 0 Å². The molecule has 106 valence electrons. The van der Waals surface area contributed by atoms with E-state index >= 15 is 0 Å². The summed E-state index contributed by atoms with van der Waals surface area (Å²) in [4.78, 5) is 12.1. The van der Waals surface area contributed by atoms with E-state index in [4.69, 9.17) is 5.73 Å². The lowest BCUT2D eigenvalue weighted by Crippen LogP contribution is -2.14. The molecule has 0 aliphatic rings. The van der Waals surface area contributed by atoms with Crippen molar-refractivity contribution in [2.45, 2.75) is 4.90 Å². The van der Waals surface area contributed by atoms with Crippen LogP contribution in [0.4, 0.5) is 11.4 Å². The quantitative estimate of drug-likeness (QED) is 0.864. The summed E-state index contributed by atoms with van der Waals surface area (Å²) in [6, 6.07) is 5.86. The average Bonchev–Trinajstić information content (AvgIpc) is 2.68. The lowest BCUT2D eigenvalue weighted by Gasteiger charge is -2.04. The van der Waals surface area contributed by atoms with Crippen LogP contribution >= 0.6 is 0 Å². The molecule has 0 aliphatic carbocycles. The number of hydrogen-bond acceptors (Lipinski definition) is 5. The third kappa shape index (κ3) is 2.97. The predicted molar refractivity (Wildman–Crippen MR) is 75.1 cm³/mol. The number of aryl methyl sites for hydroxylation is 1. The van der Waals surface area contributed by atoms with Crippen LogP contribution in [-0.4, -0.2) is 30.4 Å². The SMILES string of the molecule is Cn1cc(N)c(C(=O)Nc2ccc(S(C)(=O)=O)cc2)n1. The Hall–Kier alpha value is -2.35. The first-order valence-electron chi connectivity index (χ1n) is 5.68. The van der Waals surface area contributed by atoms with E-state index in [2.05, 4.69) is 10.4 Å². The molecule has 2 aromatic rings. The number of carbonyl (C=O) groups excluding carboxylic acids is 1. The molecule has 0 saturated heterocycles. The molecule has 1 aromatic carbocycles. The van der Waals surface area contributed by atoms with Gasteiger partial charge in [-0.1, -0.05) is 0 Å². The Kier molecular flexibility index (Phi) is 3.49. The van der Waals surface area contributed by atoms with Crippen molar-refractivity contribution in [2.24, 2.45) is 7.05 Å². The maximum atomic E-state index is 11.9. The van der Waals surface area contributed by atoms with E-state index in [1.807, 2.05) is 0 Å². The number of anilines is 2. The molecular formula is C12H14N4O3S. The van der Waals surface area contributed by atoms with Crippen molar-refractivity contribution in [2.75, 3.05) is 17.3 Å². The molecule has 0 aliphatic heterocycles. The maximum Gasteiger partial charge on any atom is 0.278 e. The molecule has 1 aromatic heterocycles. The van der Waals surface area contributed by atoms with Gasteiger partial charge in [-0.2, -0.15) is 5.10 Å². The third-order valence-corrected chi connectivity index (χ3v) is 3.74. The smallest absolute Gasteiger partial charge is 0.278 e. The second-order valence-electron chi connectivity index (χ2n) is 4.36. The van der Waals surface area contributed by atoms with Crippen molar-refractivity contribution in [3.05, 3.63) is 36.2 Å². The van der Waals surface area contributed by atoms with E-state index in [0.29, 0.717) is 5.69 Å². The highest BCUT2D eigenvalue weighted by Crippen LogP contribution is 2.16. The van der Waals surface area contributed by atoms with Gasteiger partial charge in [0.05, 0.1) is 10.6 Å². The summed E-state index contributed by atoms with van der Waals surface area (Å²) in [7, 11) is -1.59. The lowest BCUT2D eigenvalue weighted by atomic mass is 10.3. The number of benzene rings is 1. The minimum Gasteiger partial charge on any atom is -0.396 e. The van der Waals surface area contributed by atoms with Crippen molar-refractivity contribution < 1.29 is 13.2 Å². The first-order chi connectivity index (χ1) is 9.27. The summed E-state index contributed by atoms with van der Waals surface area (Å²) < 4.78 is 24.1. The molecule has 1 heterocycles. The van der Waals surface area contributed by atoms with Gasteiger partial charge < -0.3 is 11.1 Å². The number of amides is 1. The number of carbonyl (C=O) groups is 1. The van der Waals surface area contributed by atoms with E-state index < -0.39 is 15.7 Å². The standard InChI is InChI=1S/C12H14N4O3S/c1-16-7-10(13)11(15-16)12(17)14-8-3-5-9(6-4-8)20(2,18)19/h3-7H,13H2,1-2H3,(H,14,17). The topological polar surface area (TPSA) is 107 Å². The van der Waals surface area contributed by atoms with Gasteiger partial charge in [0.1, 0.15) is 0 Å². The van der Waals surface area contributed by atoms with Crippen LogP contribution in [0.2, 0.25) is 0 Å². The zero-order valence-electron chi connectivity index (χ0n) is 11.0. The van der Waals surface area contributed by atoms with Crippen LogP contribution in [0.1, 0.15) is 10.5 Å². The number of rotatable bonds is 3. The highest BCUT2D eigenvalue weighted by Gasteiger charge is 2.14. The molecule has 0 radical (unpaired) electrons. The first-order valence-corrected chi connectivity index (χ1v) is 7.57. The van der Waals surface area contributed by atoms with Gasteiger partial charge in [0.15, 0.2) is 15.5 Å². The highest BCUT2D eigenvalue weighted by molar-refractivity contribution is 7.90. The van der Waals surface area contributed by atoms with Gasteiger partial charge in [-0.15, -0.1) is 0 Å². The summed E-state index contributed by atoms with van der Waals surface area (Å²) in [5, 5.41) is 6.55. The minimum absolute atomic E-state index is 0.125. The van der Waals surface area contributed by atoms with Crippen LogP contribution in [-0.2, 0) is 16.9 Å². The number of nitrogens with zero attached hydrogens (tertiary/aromatic N) is 2. The van der Waals surface area contributed by atoms with E-state index in [9.17, 15) is 13.2 Å². The molecule has 2 rings (SSSR count). The summed E-state index contributed by atoms with van der Waals surface area (Å²) >= 11 is 0. The summed E-state index contributed by atoms with van der Waals surface area (Å²) in [5.74, 6) is -0.449. The molecule has 8 heteroatoms. The van der Waals surface area contributed by atoms with E-state index in [0.717, 1.165) is 6.26 Å². The van der Waals surface area contributed by atoms with Crippen molar-refractivity contribution in [3.63, 3.8) is 0 Å². The fourth-order valence-electron chi connectivity index (χ4n) is 1.66. The van der Waals surface area contributed by atoms with Crippen LogP contribution in [0.25, 0.3) is 0 Å². The summed E-state index contributed by atoms with van der Waals surface area (Å²) in [5.41, 5.74) is 6.52. The van der Waals surface area contributed by atoms with Crippen LogP contribution in [0.3, 0.4) is 0 Å². The maximum absolute atomic E-state index is 11.9. The second-order valence-corrected chi connectivity index (χ2v) is 6.37. The molecule has 0 unspecified atom stereocenters. The molecule has 3 N–H and O–H groups in total.